The van der Waals surface area contributed by atoms with Crippen molar-refractivity contribution in [2.24, 2.45) is 0 Å². The molecule has 190 valence electrons. The van der Waals surface area contributed by atoms with Crippen LogP contribution in [0.3, 0.4) is 0 Å². The predicted octanol–water partition coefficient (Wildman–Crippen LogP) is 6.75. The van der Waals surface area contributed by atoms with Crippen molar-refractivity contribution in [2.45, 2.75) is 46.0 Å². The lowest BCUT2D eigenvalue weighted by molar-refractivity contribution is -0.114. The van der Waals surface area contributed by atoms with Crippen molar-refractivity contribution in [3.8, 4) is 5.75 Å². The number of ether oxygens (including phenoxy) is 1. The highest BCUT2D eigenvalue weighted by Gasteiger charge is 2.15. The smallest absolute Gasteiger partial charge is 0.258 e. The van der Waals surface area contributed by atoms with Crippen LogP contribution in [0.15, 0.2) is 78.9 Å². The van der Waals surface area contributed by atoms with E-state index in [0.717, 1.165) is 29.2 Å². The molecule has 0 saturated carbocycles. The lowest BCUT2D eigenvalue weighted by Crippen LogP contribution is -2.30. The molecule has 0 fully saturated rings. The number of hydrogen-bond donors (Lipinski definition) is 2. The van der Waals surface area contributed by atoms with Gasteiger partial charge >= 0.3 is 0 Å². The normalized spacial score (nSPS) is 10.5. The Balaban J connectivity index is 1.42. The Morgan fingerprint density at radius 2 is 1.44 bits per heavy atom. The number of nitrogens with one attached hydrogen (secondary N) is 2. The molecule has 36 heavy (non-hydrogen) atoms. The van der Waals surface area contributed by atoms with E-state index in [4.69, 9.17) is 4.74 Å². The molecule has 6 heteroatoms. The summed E-state index contributed by atoms with van der Waals surface area (Å²) >= 11 is 0. The zero-order valence-corrected chi connectivity index (χ0v) is 21.3. The van der Waals surface area contributed by atoms with Gasteiger partial charge in [-0.25, -0.2) is 0 Å². The van der Waals surface area contributed by atoms with E-state index < -0.39 is 0 Å². The highest BCUT2D eigenvalue weighted by atomic mass is 16.5. The maximum atomic E-state index is 12.9. The van der Waals surface area contributed by atoms with Gasteiger partial charge in [0.05, 0.1) is 13.2 Å². The monoisotopic (exact) mass is 487 g/mol. The first kappa shape index (κ1) is 26.8. The number of nitrogens with zero attached hydrogens (tertiary/aromatic N) is 1. The van der Waals surface area contributed by atoms with Crippen molar-refractivity contribution < 1.29 is 14.3 Å². The molecule has 0 saturated heterocycles. The van der Waals surface area contributed by atoms with E-state index in [1.54, 1.807) is 17.0 Å². The molecule has 3 aromatic carbocycles. The van der Waals surface area contributed by atoms with Crippen LogP contribution in [0.4, 0.5) is 17.1 Å². The van der Waals surface area contributed by atoms with E-state index in [1.165, 1.54) is 25.7 Å². The van der Waals surface area contributed by atoms with Crippen molar-refractivity contribution >= 4 is 28.9 Å². The molecule has 0 bridgehead atoms. The molecule has 0 aromatic heterocycles. The molecule has 0 aliphatic carbocycles. The number of anilines is 3. The van der Waals surface area contributed by atoms with Gasteiger partial charge in [0.1, 0.15) is 5.75 Å². The molecule has 2 amide bonds. The average Bonchev–Trinajstić information content (AvgIpc) is 2.91. The van der Waals surface area contributed by atoms with Gasteiger partial charge in [-0.15, -0.1) is 0 Å². The zero-order valence-electron chi connectivity index (χ0n) is 21.3. The van der Waals surface area contributed by atoms with Crippen LogP contribution in [0.5, 0.6) is 5.75 Å². The number of unbranched alkanes of at least 4 members (excludes halogenated alkanes) is 4. The first-order valence-electron chi connectivity index (χ1n) is 12.8. The molecule has 0 atom stereocenters. The van der Waals surface area contributed by atoms with Gasteiger partial charge < -0.3 is 20.3 Å². The van der Waals surface area contributed by atoms with Crippen molar-refractivity contribution in [2.75, 3.05) is 35.2 Å². The van der Waals surface area contributed by atoms with Crippen LogP contribution in [0.2, 0.25) is 0 Å². The van der Waals surface area contributed by atoms with Crippen LogP contribution >= 0.6 is 0 Å². The SMILES string of the molecule is CCCCCCCOc1ccc(NC(=O)CNc2ccc(C(=O)N(CC)c3ccccc3)cc2)cc1. The summed E-state index contributed by atoms with van der Waals surface area (Å²) in [6, 6.07) is 24.2. The minimum Gasteiger partial charge on any atom is -0.494 e. The molecular weight excluding hydrogens is 450 g/mol. The zero-order chi connectivity index (χ0) is 25.6. The number of hydrogen-bond acceptors (Lipinski definition) is 4. The Labute approximate surface area is 214 Å². The third kappa shape index (κ3) is 8.45. The van der Waals surface area contributed by atoms with Gasteiger partial charge in [0.25, 0.3) is 5.91 Å². The Kier molecular flexibility index (Phi) is 10.8. The molecule has 0 radical (unpaired) electrons. The average molecular weight is 488 g/mol. The van der Waals surface area contributed by atoms with Crippen molar-refractivity contribution in [3.63, 3.8) is 0 Å². The van der Waals surface area contributed by atoms with E-state index in [2.05, 4.69) is 17.6 Å². The van der Waals surface area contributed by atoms with Crippen LogP contribution in [0.25, 0.3) is 0 Å². The molecular formula is C30H37N3O3. The van der Waals surface area contributed by atoms with E-state index in [0.29, 0.717) is 18.7 Å². The van der Waals surface area contributed by atoms with Gasteiger partial charge in [0.15, 0.2) is 0 Å². The lowest BCUT2D eigenvalue weighted by Gasteiger charge is -2.21. The molecule has 6 nitrogen and oxygen atoms in total. The Morgan fingerprint density at radius 1 is 0.778 bits per heavy atom. The first-order chi connectivity index (χ1) is 17.6. The number of carbonyl (C=O) groups excluding carboxylic acids is 2. The van der Waals surface area contributed by atoms with E-state index in [9.17, 15) is 9.59 Å². The van der Waals surface area contributed by atoms with Gasteiger partial charge in [0, 0.05) is 29.2 Å². The third-order valence-electron chi connectivity index (χ3n) is 5.87. The maximum absolute atomic E-state index is 12.9. The molecule has 3 rings (SSSR count). The van der Waals surface area contributed by atoms with Gasteiger partial charge in [-0.1, -0.05) is 50.8 Å². The molecule has 0 unspecified atom stereocenters. The molecule has 0 heterocycles. The van der Waals surface area contributed by atoms with Crippen LogP contribution in [0.1, 0.15) is 56.3 Å². The summed E-state index contributed by atoms with van der Waals surface area (Å²) in [5, 5.41) is 5.99. The summed E-state index contributed by atoms with van der Waals surface area (Å²) < 4.78 is 5.77. The van der Waals surface area contributed by atoms with Crippen LogP contribution in [0, 0.1) is 0 Å². The summed E-state index contributed by atoms with van der Waals surface area (Å²) in [7, 11) is 0. The Bertz CT molecular complexity index is 1070. The number of rotatable bonds is 14. The fourth-order valence-corrected chi connectivity index (χ4v) is 3.86. The van der Waals surface area contributed by atoms with Crippen molar-refractivity contribution in [1.29, 1.82) is 0 Å². The number of para-hydroxylation sites is 1. The summed E-state index contributed by atoms with van der Waals surface area (Å²) in [4.78, 5) is 27.0. The fourth-order valence-electron chi connectivity index (χ4n) is 3.86. The standard InChI is InChI=1S/C30H37N3O3/c1-3-5-6-7-11-22-36-28-20-18-26(19-21-28)32-29(34)23-31-25-16-14-24(15-17-25)30(35)33(4-2)27-12-9-8-10-13-27/h8-10,12-21,31H,3-7,11,22-23H2,1-2H3,(H,32,34). The maximum Gasteiger partial charge on any atom is 0.258 e. The highest BCUT2D eigenvalue weighted by molar-refractivity contribution is 6.06. The van der Waals surface area contributed by atoms with E-state index >= 15 is 0 Å². The minimum absolute atomic E-state index is 0.0584. The van der Waals surface area contributed by atoms with E-state index in [-0.39, 0.29) is 18.4 Å². The second-order valence-electron chi connectivity index (χ2n) is 8.65. The van der Waals surface area contributed by atoms with Gasteiger partial charge in [-0.3, -0.25) is 9.59 Å². The second-order valence-corrected chi connectivity index (χ2v) is 8.65. The Morgan fingerprint density at radius 3 is 2.11 bits per heavy atom. The van der Waals surface area contributed by atoms with Crippen molar-refractivity contribution in [3.05, 3.63) is 84.4 Å². The number of amides is 2. The van der Waals surface area contributed by atoms with Gasteiger partial charge in [-0.05, 0) is 74.0 Å². The van der Waals surface area contributed by atoms with E-state index in [1.807, 2.05) is 73.7 Å². The molecule has 0 aliphatic heterocycles. The minimum atomic E-state index is -0.152. The van der Waals surface area contributed by atoms with Crippen LogP contribution in [-0.2, 0) is 4.79 Å². The molecule has 3 aromatic rings. The van der Waals surface area contributed by atoms with Crippen molar-refractivity contribution in [1.82, 2.24) is 0 Å². The Hall–Kier alpha value is -3.80. The quantitative estimate of drug-likeness (QED) is 0.247. The number of benzene rings is 3. The lowest BCUT2D eigenvalue weighted by atomic mass is 10.1. The summed E-state index contributed by atoms with van der Waals surface area (Å²) in [5.41, 5.74) is 2.95. The van der Waals surface area contributed by atoms with Crippen LogP contribution < -0.4 is 20.3 Å². The molecule has 0 aliphatic rings. The first-order valence-corrected chi connectivity index (χ1v) is 12.8. The molecule has 0 spiro atoms. The molecule has 2 N–H and O–H groups in total. The van der Waals surface area contributed by atoms with Crippen LogP contribution in [-0.4, -0.2) is 31.5 Å². The second kappa shape index (κ2) is 14.6. The fraction of sp³-hybridized carbons (Fsp3) is 0.333. The number of carbonyl (C=O) groups is 2. The summed E-state index contributed by atoms with van der Waals surface area (Å²) in [5.74, 6) is 0.600. The largest absolute Gasteiger partial charge is 0.494 e. The summed E-state index contributed by atoms with van der Waals surface area (Å²) in [6.07, 6.45) is 6.03. The highest BCUT2D eigenvalue weighted by Crippen LogP contribution is 2.19. The third-order valence-corrected chi connectivity index (χ3v) is 5.87. The van der Waals surface area contributed by atoms with Gasteiger partial charge in [-0.2, -0.15) is 0 Å². The predicted molar refractivity (Wildman–Crippen MR) is 148 cm³/mol. The summed E-state index contributed by atoms with van der Waals surface area (Å²) in [6.45, 7) is 5.58. The van der Waals surface area contributed by atoms with Gasteiger partial charge in [0.2, 0.25) is 5.91 Å². The topological polar surface area (TPSA) is 70.7 Å².